The number of hydrogen-bond donors (Lipinski definition) is 0. The van der Waals surface area contributed by atoms with Crippen LogP contribution in [0.2, 0.25) is 0 Å². The number of fused-ring (bicyclic) bond motifs is 6. The molecule has 0 bridgehead atoms. The van der Waals surface area contributed by atoms with E-state index in [1.165, 1.54) is 0 Å². The van der Waals surface area contributed by atoms with E-state index in [0.29, 0.717) is 85.6 Å². The molecule has 0 saturated heterocycles. The highest BCUT2D eigenvalue weighted by Crippen LogP contribution is 2.60. The second kappa shape index (κ2) is 20.0. The normalized spacial score (nSPS) is 15.5. The van der Waals surface area contributed by atoms with E-state index in [1.807, 2.05) is 193 Å². The molecule has 11 aromatic carbocycles. The van der Waals surface area contributed by atoms with Gasteiger partial charge in [-0.05, 0) is 164 Å². The lowest BCUT2D eigenvalue weighted by atomic mass is 9.67. The number of anilines is 3. The van der Waals surface area contributed by atoms with E-state index in [0.717, 1.165) is 45.5 Å². The first-order valence-electron chi connectivity index (χ1n) is 26.2. The molecule has 392 valence electrons. The second-order valence-electron chi connectivity index (χ2n) is 20.0. The third kappa shape index (κ3) is 8.22. The first-order chi connectivity index (χ1) is 39.5. The minimum atomic E-state index is -1.57. The molecule has 13 rings (SSSR count). The molecule has 2 aliphatic carbocycles. The first kappa shape index (κ1) is 50.4. The highest BCUT2D eigenvalue weighted by molar-refractivity contribution is 5.92. The van der Waals surface area contributed by atoms with E-state index in [-0.39, 0.29) is 11.1 Å². The Bertz CT molecular complexity index is 4020. The van der Waals surface area contributed by atoms with Crippen molar-refractivity contribution in [2.75, 3.05) is 4.90 Å². The SMILES string of the molecule is C=Cc1ccc(Oc2ccc(C3(c4cc(F)c(F)cc4F)c4ccccc4-c4ccc(N(c5ccccc5)c5ccc6c(c5)C(c5ccc(Oc7ccc(C=C)cc7)cc5)(c5cc(F)c(F)cc5F)c5ccccc5-6)cc43)cc2)cc1. The molecule has 0 spiro atoms. The van der Waals surface area contributed by atoms with Crippen molar-refractivity contribution in [3.05, 3.63) is 340 Å². The molecule has 0 radical (unpaired) electrons. The van der Waals surface area contributed by atoms with Crippen LogP contribution in [0.4, 0.5) is 43.4 Å². The highest BCUT2D eigenvalue weighted by Gasteiger charge is 2.50. The van der Waals surface area contributed by atoms with E-state index >= 15 is 26.3 Å². The molecule has 2 atom stereocenters. The summed E-state index contributed by atoms with van der Waals surface area (Å²) in [4.78, 5) is 2.01. The van der Waals surface area contributed by atoms with Gasteiger partial charge in [0.15, 0.2) is 23.3 Å². The molecule has 2 aliphatic rings. The Morgan fingerprint density at radius 3 is 1.04 bits per heavy atom. The zero-order chi connectivity index (χ0) is 55.6. The lowest BCUT2D eigenvalue weighted by Gasteiger charge is -2.36. The smallest absolute Gasteiger partial charge is 0.161 e. The monoisotopic (exact) mass is 1070 g/mol. The van der Waals surface area contributed by atoms with Crippen molar-refractivity contribution in [2.24, 2.45) is 0 Å². The van der Waals surface area contributed by atoms with Gasteiger partial charge < -0.3 is 14.4 Å². The van der Waals surface area contributed by atoms with Crippen LogP contribution < -0.4 is 14.4 Å². The van der Waals surface area contributed by atoms with Crippen molar-refractivity contribution < 1.29 is 35.8 Å². The van der Waals surface area contributed by atoms with Gasteiger partial charge in [0, 0.05) is 40.3 Å². The van der Waals surface area contributed by atoms with Gasteiger partial charge >= 0.3 is 0 Å². The number of nitrogens with zero attached hydrogens (tertiary/aromatic N) is 1. The molecule has 0 aromatic heterocycles. The quantitative estimate of drug-likeness (QED) is 0.0848. The van der Waals surface area contributed by atoms with Crippen molar-refractivity contribution in [3.63, 3.8) is 0 Å². The van der Waals surface area contributed by atoms with Gasteiger partial charge in [-0.3, -0.25) is 0 Å². The number of hydrogen-bond acceptors (Lipinski definition) is 3. The minimum absolute atomic E-state index is 0.111. The third-order valence-electron chi connectivity index (χ3n) is 15.7. The molecular weight excluding hydrogens is 1020 g/mol. The maximum absolute atomic E-state index is 17.1. The number of rotatable bonds is 13. The molecule has 0 heterocycles. The fourth-order valence-electron chi connectivity index (χ4n) is 12.1. The molecule has 2 unspecified atom stereocenters. The molecule has 0 fully saturated rings. The maximum atomic E-state index is 17.1. The Kier molecular flexibility index (Phi) is 12.4. The van der Waals surface area contributed by atoms with E-state index in [4.69, 9.17) is 9.47 Å². The molecule has 0 aliphatic heterocycles. The molecule has 11 aromatic rings. The minimum Gasteiger partial charge on any atom is -0.457 e. The van der Waals surface area contributed by atoms with Gasteiger partial charge in [-0.25, -0.2) is 26.3 Å². The van der Waals surface area contributed by atoms with Crippen LogP contribution in [0.25, 0.3) is 34.4 Å². The molecule has 9 heteroatoms. The van der Waals surface area contributed by atoms with E-state index < -0.39 is 45.7 Å². The van der Waals surface area contributed by atoms with E-state index in [1.54, 1.807) is 36.4 Å². The fraction of sp³-hybridized carbons (Fsp3) is 0.0278. The Labute approximate surface area is 464 Å². The number of halogens is 6. The summed E-state index contributed by atoms with van der Waals surface area (Å²) in [7, 11) is 0. The van der Waals surface area contributed by atoms with E-state index in [2.05, 4.69) is 13.2 Å². The third-order valence-corrected chi connectivity index (χ3v) is 15.7. The van der Waals surface area contributed by atoms with Crippen molar-refractivity contribution in [1.29, 1.82) is 0 Å². The number of benzene rings is 11. The van der Waals surface area contributed by atoms with Gasteiger partial charge in [-0.1, -0.05) is 153 Å². The summed E-state index contributed by atoms with van der Waals surface area (Å²) in [6.45, 7) is 7.67. The van der Waals surface area contributed by atoms with Gasteiger partial charge in [-0.15, -0.1) is 0 Å². The summed E-state index contributed by atoms with van der Waals surface area (Å²) >= 11 is 0. The largest absolute Gasteiger partial charge is 0.457 e. The molecule has 81 heavy (non-hydrogen) atoms. The lowest BCUT2D eigenvalue weighted by Crippen LogP contribution is -2.31. The van der Waals surface area contributed by atoms with Crippen LogP contribution in [0, 0.1) is 34.9 Å². The van der Waals surface area contributed by atoms with Gasteiger partial charge in [0.25, 0.3) is 0 Å². The topological polar surface area (TPSA) is 21.7 Å². The number of ether oxygens (including phenoxy) is 2. The van der Waals surface area contributed by atoms with Crippen molar-refractivity contribution in [3.8, 4) is 45.3 Å². The molecule has 0 N–H and O–H groups in total. The Balaban J connectivity index is 1.02. The van der Waals surface area contributed by atoms with Crippen LogP contribution in [0.3, 0.4) is 0 Å². The van der Waals surface area contributed by atoms with Gasteiger partial charge in [0.05, 0.1) is 10.8 Å². The van der Waals surface area contributed by atoms with Crippen molar-refractivity contribution in [1.82, 2.24) is 0 Å². The average Bonchev–Trinajstić information content (AvgIpc) is 4.17. The van der Waals surface area contributed by atoms with Crippen molar-refractivity contribution in [2.45, 2.75) is 10.8 Å². The predicted octanol–water partition coefficient (Wildman–Crippen LogP) is 19.6. The van der Waals surface area contributed by atoms with Crippen molar-refractivity contribution >= 4 is 29.2 Å². The standard InChI is InChI=1S/C72H45F6NO2/c1-3-44-18-28-51(29-19-44)80-53-32-22-46(23-33-53)71(63-40-67(75)69(77)42-65(63)73)59-16-10-8-14-55(59)57-36-26-49(38-61(57)71)79(48-12-6-5-7-13-48)50-27-37-58-56-15-9-11-17-60(56)72(62(58)39-50,64-41-68(76)70(78)43-66(64)74)47-24-34-54(35-25-47)81-52-30-20-45(4-2)21-31-52/h3-43H,1-2H2. The van der Waals surface area contributed by atoms with Crippen LogP contribution in [0.15, 0.2) is 250 Å². The molecule has 0 amide bonds. The Hall–Kier alpha value is -10.1. The highest BCUT2D eigenvalue weighted by atomic mass is 19.2. The predicted molar refractivity (Wildman–Crippen MR) is 309 cm³/mol. The fourth-order valence-corrected chi connectivity index (χ4v) is 12.1. The first-order valence-corrected chi connectivity index (χ1v) is 26.2. The van der Waals surface area contributed by atoms with Crippen LogP contribution in [0.5, 0.6) is 23.0 Å². The molecule has 3 nitrogen and oxygen atoms in total. The van der Waals surface area contributed by atoms with Gasteiger partial charge in [0.1, 0.15) is 34.6 Å². The van der Waals surface area contributed by atoms with Gasteiger partial charge in [-0.2, -0.15) is 0 Å². The van der Waals surface area contributed by atoms with Crippen LogP contribution in [-0.4, -0.2) is 0 Å². The number of para-hydroxylation sites is 1. The second-order valence-corrected chi connectivity index (χ2v) is 20.0. The van der Waals surface area contributed by atoms with Gasteiger partial charge in [0.2, 0.25) is 0 Å². The summed E-state index contributed by atoms with van der Waals surface area (Å²) in [5, 5.41) is 0. The zero-order valence-corrected chi connectivity index (χ0v) is 43.1. The molecular formula is C72H45F6NO2. The van der Waals surface area contributed by atoms with Crippen LogP contribution in [-0.2, 0) is 10.8 Å². The Morgan fingerprint density at radius 1 is 0.296 bits per heavy atom. The average molecular weight is 1070 g/mol. The Morgan fingerprint density at radius 2 is 0.642 bits per heavy atom. The van der Waals surface area contributed by atoms with Crippen LogP contribution in [0.1, 0.15) is 55.6 Å². The summed E-state index contributed by atoms with van der Waals surface area (Å²) in [6, 6.07) is 68.5. The zero-order valence-electron chi connectivity index (χ0n) is 43.1. The molecule has 0 saturated carbocycles. The summed E-state index contributed by atoms with van der Waals surface area (Å²) < 4.78 is 109. The van der Waals surface area contributed by atoms with E-state index in [9.17, 15) is 0 Å². The maximum Gasteiger partial charge on any atom is 0.161 e. The van der Waals surface area contributed by atoms with Crippen LogP contribution >= 0.6 is 0 Å². The summed E-state index contributed by atoms with van der Waals surface area (Å²) in [5.74, 6) is -4.88. The lowest BCUT2D eigenvalue weighted by molar-refractivity contribution is 0.480. The summed E-state index contributed by atoms with van der Waals surface area (Å²) in [6.07, 6.45) is 3.47. The summed E-state index contributed by atoms with van der Waals surface area (Å²) in [5.41, 5.74) is 6.84.